The fraction of sp³-hybridized carbons (Fsp3) is 0.321. The van der Waals surface area contributed by atoms with Crippen molar-refractivity contribution in [2.75, 3.05) is 35.0 Å². The van der Waals surface area contributed by atoms with E-state index in [9.17, 15) is 19.5 Å². The Bertz CT molecular complexity index is 1340. The number of amides is 1. The minimum atomic E-state index is -1.01. The predicted molar refractivity (Wildman–Crippen MR) is 142 cm³/mol. The first-order chi connectivity index (χ1) is 18.8. The van der Waals surface area contributed by atoms with E-state index < -0.39 is 29.1 Å². The summed E-state index contributed by atoms with van der Waals surface area (Å²) in [5.74, 6) is -1.26. The molecule has 2 aromatic carbocycles. The zero-order valence-corrected chi connectivity index (χ0v) is 22.5. The van der Waals surface area contributed by atoms with Crippen molar-refractivity contribution in [2.45, 2.75) is 25.8 Å². The van der Waals surface area contributed by atoms with Crippen LogP contribution in [-0.2, 0) is 16.1 Å². The summed E-state index contributed by atoms with van der Waals surface area (Å²) in [6.45, 7) is 1.90. The van der Waals surface area contributed by atoms with Crippen LogP contribution in [0.2, 0.25) is 0 Å². The third-order valence-corrected chi connectivity index (χ3v) is 6.07. The van der Waals surface area contributed by atoms with Crippen LogP contribution in [0.5, 0.6) is 28.7 Å². The van der Waals surface area contributed by atoms with Crippen LogP contribution in [0.1, 0.15) is 46.3 Å². The van der Waals surface area contributed by atoms with E-state index in [4.69, 9.17) is 23.7 Å². The number of hydrogen-bond acceptors (Lipinski definition) is 9. The number of methoxy groups -OCH3 is 4. The van der Waals surface area contributed by atoms with Gasteiger partial charge in [0.15, 0.2) is 11.5 Å². The number of aromatic hydroxyl groups is 1. The summed E-state index contributed by atoms with van der Waals surface area (Å²) in [5.41, 5.74) is 0.142. The number of ether oxygens (including phenoxy) is 5. The van der Waals surface area contributed by atoms with Gasteiger partial charge >= 0.3 is 5.97 Å². The van der Waals surface area contributed by atoms with Gasteiger partial charge < -0.3 is 39.1 Å². The third-order valence-electron chi connectivity index (χ3n) is 6.07. The molecule has 1 atom stereocenters. The lowest BCUT2D eigenvalue weighted by Gasteiger charge is -2.22. The highest BCUT2D eigenvalue weighted by atomic mass is 16.5. The molecule has 39 heavy (non-hydrogen) atoms. The molecular formula is C28H32N2O9. The number of rotatable bonds is 12. The second-order valence-corrected chi connectivity index (χ2v) is 8.35. The number of esters is 1. The molecule has 0 bridgehead atoms. The third kappa shape index (κ3) is 6.61. The molecule has 11 heteroatoms. The molecule has 0 aliphatic heterocycles. The van der Waals surface area contributed by atoms with E-state index in [0.717, 1.165) is 11.8 Å². The smallest absolute Gasteiger partial charge is 0.343 e. The van der Waals surface area contributed by atoms with E-state index in [2.05, 4.69) is 10.3 Å². The van der Waals surface area contributed by atoms with Crippen molar-refractivity contribution in [3.63, 3.8) is 0 Å². The Labute approximate surface area is 225 Å². The molecule has 0 aliphatic carbocycles. The fourth-order valence-electron chi connectivity index (χ4n) is 4.11. The minimum Gasteiger partial charge on any atom is -0.506 e. The van der Waals surface area contributed by atoms with Crippen molar-refractivity contribution in [2.24, 2.45) is 0 Å². The van der Waals surface area contributed by atoms with Crippen LogP contribution in [0.25, 0.3) is 0 Å². The van der Waals surface area contributed by atoms with Crippen LogP contribution < -0.4 is 29.8 Å². The number of carbonyl (C=O) groups is 2. The van der Waals surface area contributed by atoms with Gasteiger partial charge in [0.25, 0.3) is 5.56 Å². The van der Waals surface area contributed by atoms with E-state index in [1.807, 2.05) is 12.1 Å². The first-order valence-electron chi connectivity index (χ1n) is 12.1. The van der Waals surface area contributed by atoms with Crippen molar-refractivity contribution in [3.05, 3.63) is 75.2 Å². The zero-order chi connectivity index (χ0) is 28.5. The van der Waals surface area contributed by atoms with Crippen LogP contribution in [0, 0.1) is 0 Å². The molecule has 0 spiro atoms. The van der Waals surface area contributed by atoms with Gasteiger partial charge in [-0.05, 0) is 42.3 Å². The van der Waals surface area contributed by atoms with E-state index in [1.54, 1.807) is 38.3 Å². The lowest BCUT2D eigenvalue weighted by atomic mass is 9.87. The van der Waals surface area contributed by atoms with Gasteiger partial charge in [0, 0.05) is 25.1 Å². The molecule has 3 aromatic rings. The van der Waals surface area contributed by atoms with E-state index in [-0.39, 0.29) is 42.2 Å². The van der Waals surface area contributed by atoms with Crippen LogP contribution in [0.15, 0.2) is 47.4 Å². The Morgan fingerprint density at radius 2 is 1.62 bits per heavy atom. The lowest BCUT2D eigenvalue weighted by Crippen LogP contribution is -2.28. The summed E-state index contributed by atoms with van der Waals surface area (Å²) in [4.78, 5) is 41.1. The largest absolute Gasteiger partial charge is 0.506 e. The van der Waals surface area contributed by atoms with Crippen molar-refractivity contribution in [1.82, 2.24) is 10.3 Å². The average Bonchev–Trinajstić information content (AvgIpc) is 2.95. The number of carbonyl (C=O) groups excluding carboxylic acids is 2. The Kier molecular flexibility index (Phi) is 9.80. The Morgan fingerprint density at radius 3 is 2.15 bits per heavy atom. The summed E-state index contributed by atoms with van der Waals surface area (Å²) in [6, 6.07) is 10.3. The van der Waals surface area contributed by atoms with Gasteiger partial charge in [-0.1, -0.05) is 12.1 Å². The Balaban J connectivity index is 2.07. The predicted octanol–water partition coefficient (Wildman–Crippen LogP) is 3.13. The number of benzene rings is 2. The van der Waals surface area contributed by atoms with Crippen LogP contribution in [-0.4, -0.2) is 57.0 Å². The molecule has 208 valence electrons. The quantitative estimate of drug-likeness (QED) is 0.295. The molecule has 0 unspecified atom stereocenters. The number of aromatic amines is 1. The molecule has 1 amide bonds. The number of pyridine rings is 1. The second-order valence-electron chi connectivity index (χ2n) is 8.35. The molecule has 0 saturated heterocycles. The van der Waals surface area contributed by atoms with Crippen molar-refractivity contribution in [1.29, 1.82) is 0 Å². The maximum Gasteiger partial charge on any atom is 0.343 e. The highest BCUT2D eigenvalue weighted by Gasteiger charge is 2.30. The molecule has 11 nitrogen and oxygen atoms in total. The monoisotopic (exact) mass is 540 g/mol. The molecule has 0 saturated carbocycles. The van der Waals surface area contributed by atoms with E-state index >= 15 is 0 Å². The van der Waals surface area contributed by atoms with Gasteiger partial charge in [0.05, 0.1) is 40.6 Å². The standard InChI is InChI=1S/C28H32N2O9/c1-6-39-28(34)20-15-30-27(33)24(25(20)32)19(17-11-21(36-3)26(38-5)22(12-17)37-4)13-23(31)29-14-16-7-9-18(35-2)10-8-16/h7-12,15,19H,6,13-14H2,1-5H3,(H,29,31)(H2,30,32,33)/t19-/m0/s1. The Morgan fingerprint density at radius 1 is 0.974 bits per heavy atom. The maximum absolute atomic E-state index is 13.2. The van der Waals surface area contributed by atoms with Crippen LogP contribution in [0.4, 0.5) is 0 Å². The van der Waals surface area contributed by atoms with E-state index in [0.29, 0.717) is 17.1 Å². The molecule has 1 aromatic heterocycles. The van der Waals surface area contributed by atoms with Crippen LogP contribution >= 0.6 is 0 Å². The van der Waals surface area contributed by atoms with Gasteiger partial charge in [-0.15, -0.1) is 0 Å². The topological polar surface area (TPSA) is 145 Å². The summed E-state index contributed by atoms with van der Waals surface area (Å²) in [6.07, 6.45) is 0.826. The van der Waals surface area contributed by atoms with Crippen molar-refractivity contribution >= 4 is 11.9 Å². The average molecular weight is 541 g/mol. The van der Waals surface area contributed by atoms with Crippen molar-refractivity contribution < 1.29 is 38.4 Å². The van der Waals surface area contributed by atoms with E-state index in [1.165, 1.54) is 21.3 Å². The Hall–Kier alpha value is -4.67. The summed E-state index contributed by atoms with van der Waals surface area (Å²) in [7, 11) is 5.88. The van der Waals surface area contributed by atoms with Gasteiger partial charge in [0.2, 0.25) is 11.7 Å². The molecule has 0 radical (unpaired) electrons. The highest BCUT2D eigenvalue weighted by Crippen LogP contribution is 2.43. The molecule has 3 N–H and O–H groups in total. The minimum absolute atomic E-state index is 0.0663. The van der Waals surface area contributed by atoms with Gasteiger partial charge in [0.1, 0.15) is 17.1 Å². The molecule has 1 heterocycles. The summed E-state index contributed by atoms with van der Waals surface area (Å²) >= 11 is 0. The number of hydrogen-bond donors (Lipinski definition) is 3. The SMILES string of the molecule is CCOC(=O)c1c[nH]c(=O)c([C@@H](CC(=O)NCc2ccc(OC)cc2)c2cc(OC)c(OC)c(OC)c2)c1O. The maximum atomic E-state index is 13.2. The van der Waals surface area contributed by atoms with Gasteiger partial charge in [-0.3, -0.25) is 9.59 Å². The normalized spacial score (nSPS) is 11.3. The first kappa shape index (κ1) is 28.9. The van der Waals surface area contributed by atoms with Gasteiger partial charge in [-0.25, -0.2) is 4.79 Å². The fourth-order valence-corrected chi connectivity index (χ4v) is 4.11. The lowest BCUT2D eigenvalue weighted by molar-refractivity contribution is -0.121. The van der Waals surface area contributed by atoms with Gasteiger partial charge in [-0.2, -0.15) is 0 Å². The van der Waals surface area contributed by atoms with Crippen molar-refractivity contribution in [3.8, 4) is 28.7 Å². The highest BCUT2D eigenvalue weighted by molar-refractivity contribution is 5.92. The summed E-state index contributed by atoms with van der Waals surface area (Å²) in [5, 5.41) is 13.9. The van der Waals surface area contributed by atoms with Crippen LogP contribution in [0.3, 0.4) is 0 Å². The number of H-pyrrole nitrogens is 1. The zero-order valence-electron chi connectivity index (χ0n) is 22.5. The number of nitrogens with one attached hydrogen (secondary N) is 2. The number of aromatic nitrogens is 1. The first-order valence-corrected chi connectivity index (χ1v) is 12.1. The molecule has 0 fully saturated rings. The molecular weight excluding hydrogens is 508 g/mol. The summed E-state index contributed by atoms with van der Waals surface area (Å²) < 4.78 is 26.5. The second kappa shape index (κ2) is 13.2. The molecule has 3 rings (SSSR count). The molecule has 0 aliphatic rings.